The van der Waals surface area contributed by atoms with Crippen molar-refractivity contribution in [2.24, 2.45) is 5.73 Å². The van der Waals surface area contributed by atoms with Crippen LogP contribution in [0.5, 0.6) is 0 Å². The van der Waals surface area contributed by atoms with Gasteiger partial charge >= 0.3 is 6.18 Å². The first-order valence-electron chi connectivity index (χ1n) is 5.29. The van der Waals surface area contributed by atoms with E-state index in [2.05, 4.69) is 4.98 Å². The van der Waals surface area contributed by atoms with Gasteiger partial charge in [-0.3, -0.25) is 0 Å². The number of hydrogen-bond donors (Lipinski definition) is 1. The van der Waals surface area contributed by atoms with Crippen LogP contribution < -0.4 is 5.73 Å². The summed E-state index contributed by atoms with van der Waals surface area (Å²) in [7, 11) is 0. The molecule has 1 aromatic heterocycles. The van der Waals surface area contributed by atoms with E-state index in [1.165, 1.54) is 10.8 Å². The standard InChI is InChI=1S/C10H14F3N3/c1-6(14)7-3-2-4-16-8(7)5-15-9(16)10(11,12)13/h5-7H,2-4,14H2,1H3. The van der Waals surface area contributed by atoms with Gasteiger partial charge in [-0.05, 0) is 19.8 Å². The van der Waals surface area contributed by atoms with Gasteiger partial charge in [-0.25, -0.2) is 4.98 Å². The summed E-state index contributed by atoms with van der Waals surface area (Å²) in [5.41, 5.74) is 6.40. The summed E-state index contributed by atoms with van der Waals surface area (Å²) in [6.07, 6.45) is -1.51. The number of rotatable bonds is 1. The smallest absolute Gasteiger partial charge is 0.327 e. The van der Waals surface area contributed by atoms with Crippen molar-refractivity contribution in [1.29, 1.82) is 0 Å². The van der Waals surface area contributed by atoms with Crippen molar-refractivity contribution in [1.82, 2.24) is 9.55 Å². The van der Waals surface area contributed by atoms with Crippen molar-refractivity contribution >= 4 is 0 Å². The van der Waals surface area contributed by atoms with Crippen LogP contribution in [-0.2, 0) is 12.7 Å². The van der Waals surface area contributed by atoms with Crippen LogP contribution in [0.2, 0.25) is 0 Å². The molecule has 16 heavy (non-hydrogen) atoms. The van der Waals surface area contributed by atoms with E-state index in [1.807, 2.05) is 6.92 Å². The van der Waals surface area contributed by atoms with Gasteiger partial charge in [0.15, 0.2) is 0 Å². The van der Waals surface area contributed by atoms with Crippen LogP contribution in [0.15, 0.2) is 6.20 Å². The fraction of sp³-hybridized carbons (Fsp3) is 0.700. The summed E-state index contributed by atoms with van der Waals surface area (Å²) in [4.78, 5) is 3.48. The van der Waals surface area contributed by atoms with Crippen molar-refractivity contribution in [3.05, 3.63) is 17.7 Å². The van der Waals surface area contributed by atoms with Gasteiger partial charge in [0.25, 0.3) is 0 Å². The maximum absolute atomic E-state index is 12.6. The molecule has 0 aliphatic carbocycles. The predicted octanol–water partition coefficient (Wildman–Crippen LogP) is 2.13. The highest BCUT2D eigenvalue weighted by Crippen LogP contribution is 2.35. The largest absolute Gasteiger partial charge is 0.449 e. The molecule has 2 atom stereocenters. The molecule has 0 radical (unpaired) electrons. The Kier molecular flexibility index (Phi) is 2.69. The Hall–Kier alpha value is -1.04. The van der Waals surface area contributed by atoms with Gasteiger partial charge in [-0.15, -0.1) is 0 Å². The maximum atomic E-state index is 12.6. The Morgan fingerprint density at radius 2 is 2.25 bits per heavy atom. The number of hydrogen-bond acceptors (Lipinski definition) is 2. The Bertz CT molecular complexity index is 381. The first kappa shape index (κ1) is 11.4. The molecule has 0 saturated heterocycles. The molecule has 2 heterocycles. The quantitative estimate of drug-likeness (QED) is 0.807. The van der Waals surface area contributed by atoms with Crippen LogP contribution in [0.25, 0.3) is 0 Å². The number of fused-ring (bicyclic) bond motifs is 1. The van der Waals surface area contributed by atoms with Gasteiger partial charge in [0.1, 0.15) is 0 Å². The van der Waals surface area contributed by atoms with E-state index in [0.717, 1.165) is 12.8 Å². The summed E-state index contributed by atoms with van der Waals surface area (Å²) in [6.45, 7) is 2.20. The van der Waals surface area contributed by atoms with Crippen molar-refractivity contribution in [2.45, 2.75) is 44.4 Å². The molecule has 0 saturated carbocycles. The highest BCUT2D eigenvalue weighted by Gasteiger charge is 2.39. The molecule has 1 aliphatic heterocycles. The maximum Gasteiger partial charge on any atom is 0.449 e. The van der Waals surface area contributed by atoms with Crippen LogP contribution in [0, 0.1) is 0 Å². The molecule has 90 valence electrons. The normalized spacial score (nSPS) is 22.9. The van der Waals surface area contributed by atoms with E-state index in [-0.39, 0.29) is 12.0 Å². The molecule has 2 rings (SSSR count). The molecule has 2 unspecified atom stereocenters. The predicted molar refractivity (Wildman–Crippen MR) is 52.9 cm³/mol. The van der Waals surface area contributed by atoms with Gasteiger partial charge in [0.05, 0.1) is 0 Å². The molecular weight excluding hydrogens is 219 g/mol. The second-order valence-electron chi connectivity index (χ2n) is 4.26. The average molecular weight is 233 g/mol. The third-order valence-electron chi connectivity index (χ3n) is 3.05. The molecule has 1 aromatic rings. The summed E-state index contributed by atoms with van der Waals surface area (Å²) in [5, 5.41) is 0. The molecule has 3 nitrogen and oxygen atoms in total. The van der Waals surface area contributed by atoms with Gasteiger partial charge < -0.3 is 10.3 Å². The third kappa shape index (κ3) is 1.81. The van der Waals surface area contributed by atoms with Crippen LogP contribution in [0.1, 0.15) is 37.2 Å². The summed E-state index contributed by atoms with van der Waals surface area (Å²) in [6, 6.07) is -0.142. The molecule has 0 spiro atoms. The van der Waals surface area contributed by atoms with Crippen molar-refractivity contribution in [3.8, 4) is 0 Å². The first-order valence-corrected chi connectivity index (χ1v) is 5.29. The van der Waals surface area contributed by atoms with Gasteiger partial charge in [-0.1, -0.05) is 0 Å². The molecule has 0 aromatic carbocycles. The molecule has 6 heteroatoms. The number of imidazole rings is 1. The van der Waals surface area contributed by atoms with E-state index in [4.69, 9.17) is 5.73 Å². The average Bonchev–Trinajstić information content (AvgIpc) is 2.59. The van der Waals surface area contributed by atoms with Gasteiger partial charge in [-0.2, -0.15) is 13.2 Å². The summed E-state index contributed by atoms with van der Waals surface area (Å²) in [5.74, 6) is -0.815. The minimum Gasteiger partial charge on any atom is -0.327 e. The number of nitrogens with two attached hydrogens (primary N) is 1. The molecule has 0 amide bonds. The number of alkyl halides is 3. The first-order chi connectivity index (χ1) is 7.41. The molecule has 0 bridgehead atoms. The van der Waals surface area contributed by atoms with E-state index in [0.29, 0.717) is 12.2 Å². The van der Waals surface area contributed by atoms with E-state index in [9.17, 15) is 13.2 Å². The van der Waals surface area contributed by atoms with Crippen LogP contribution in [-0.4, -0.2) is 15.6 Å². The Balaban J connectivity index is 2.42. The summed E-state index contributed by atoms with van der Waals surface area (Å²) < 4.78 is 39.1. The van der Waals surface area contributed by atoms with Crippen LogP contribution in [0.4, 0.5) is 13.2 Å². The third-order valence-corrected chi connectivity index (χ3v) is 3.05. The lowest BCUT2D eigenvalue weighted by molar-refractivity contribution is -0.147. The van der Waals surface area contributed by atoms with E-state index < -0.39 is 12.0 Å². The highest BCUT2D eigenvalue weighted by molar-refractivity contribution is 5.16. The zero-order valence-electron chi connectivity index (χ0n) is 8.96. The number of aromatic nitrogens is 2. The van der Waals surface area contributed by atoms with Crippen molar-refractivity contribution in [3.63, 3.8) is 0 Å². The Morgan fingerprint density at radius 3 is 2.81 bits per heavy atom. The minimum absolute atomic E-state index is 0.0163. The molecule has 0 fully saturated rings. The lowest BCUT2D eigenvalue weighted by Crippen LogP contribution is -2.31. The second kappa shape index (κ2) is 3.76. The second-order valence-corrected chi connectivity index (χ2v) is 4.26. The van der Waals surface area contributed by atoms with Crippen molar-refractivity contribution < 1.29 is 13.2 Å². The van der Waals surface area contributed by atoms with Gasteiger partial charge in [0, 0.05) is 30.4 Å². The molecule has 2 N–H and O–H groups in total. The minimum atomic E-state index is -4.38. The lowest BCUT2D eigenvalue weighted by atomic mass is 9.90. The van der Waals surface area contributed by atoms with E-state index >= 15 is 0 Å². The Morgan fingerprint density at radius 1 is 1.56 bits per heavy atom. The Labute approximate surface area is 91.5 Å². The van der Waals surface area contributed by atoms with Gasteiger partial charge in [0.2, 0.25) is 5.82 Å². The molecular formula is C10H14F3N3. The summed E-state index contributed by atoms with van der Waals surface area (Å²) >= 11 is 0. The number of halogens is 3. The van der Waals surface area contributed by atoms with Crippen molar-refractivity contribution in [2.75, 3.05) is 0 Å². The molecule has 1 aliphatic rings. The topological polar surface area (TPSA) is 43.8 Å². The zero-order chi connectivity index (χ0) is 11.9. The highest BCUT2D eigenvalue weighted by atomic mass is 19.4. The zero-order valence-corrected chi connectivity index (χ0v) is 8.96. The fourth-order valence-electron chi connectivity index (χ4n) is 2.30. The number of nitrogens with zero attached hydrogens (tertiary/aromatic N) is 2. The SMILES string of the molecule is CC(N)C1CCCn2c1cnc2C(F)(F)F. The van der Waals surface area contributed by atoms with Crippen LogP contribution >= 0.6 is 0 Å². The van der Waals surface area contributed by atoms with E-state index in [1.54, 1.807) is 0 Å². The lowest BCUT2D eigenvalue weighted by Gasteiger charge is -2.28. The fourth-order valence-corrected chi connectivity index (χ4v) is 2.30. The monoisotopic (exact) mass is 233 g/mol. The van der Waals surface area contributed by atoms with Crippen LogP contribution in [0.3, 0.4) is 0 Å².